The van der Waals surface area contributed by atoms with E-state index in [0.29, 0.717) is 16.7 Å². The summed E-state index contributed by atoms with van der Waals surface area (Å²) in [4.78, 5) is 4.07. The molecule has 0 saturated heterocycles. The lowest BCUT2D eigenvalue weighted by Gasteiger charge is -2.12. The van der Waals surface area contributed by atoms with Gasteiger partial charge < -0.3 is 4.57 Å². The van der Waals surface area contributed by atoms with E-state index in [9.17, 15) is 15.8 Å². The minimum absolute atomic E-state index is 0.521. The van der Waals surface area contributed by atoms with E-state index in [1.54, 1.807) is 30.6 Å². The van der Waals surface area contributed by atoms with Crippen molar-refractivity contribution in [3.8, 4) is 35.0 Å². The lowest BCUT2D eigenvalue weighted by molar-refractivity contribution is 1.17. The molecule has 2 aromatic heterocycles. The summed E-state index contributed by atoms with van der Waals surface area (Å²) >= 11 is 0. The molecule has 0 saturated carbocycles. The van der Waals surface area contributed by atoms with Gasteiger partial charge >= 0.3 is 0 Å². The standard InChI is InChI=1S/C26H13N5/c27-14-18-7-8-21(13-24(18)17-9-11-30-12-10-17)31-25-19(15-28)3-1-5-22(25)23-6-2-4-20(16-29)26(23)31/h1-13H. The van der Waals surface area contributed by atoms with Crippen molar-refractivity contribution in [3.05, 3.63) is 95.8 Å². The molecule has 0 spiro atoms. The van der Waals surface area contributed by atoms with Gasteiger partial charge in [0.15, 0.2) is 0 Å². The molecule has 5 rings (SSSR count). The second-order valence-electron chi connectivity index (χ2n) is 7.04. The summed E-state index contributed by atoms with van der Waals surface area (Å²) < 4.78 is 1.95. The largest absolute Gasteiger partial charge is 0.307 e. The van der Waals surface area contributed by atoms with Gasteiger partial charge in [0, 0.05) is 34.4 Å². The predicted molar refractivity (Wildman–Crippen MR) is 118 cm³/mol. The van der Waals surface area contributed by atoms with Crippen LogP contribution in [0.4, 0.5) is 0 Å². The lowest BCUT2D eigenvalue weighted by Crippen LogP contribution is -1.99. The van der Waals surface area contributed by atoms with E-state index in [0.717, 1.165) is 38.6 Å². The van der Waals surface area contributed by atoms with Crippen molar-refractivity contribution >= 4 is 21.8 Å². The summed E-state index contributed by atoms with van der Waals surface area (Å²) in [6.07, 6.45) is 3.37. The molecule has 2 heterocycles. The molecule has 31 heavy (non-hydrogen) atoms. The fraction of sp³-hybridized carbons (Fsp3) is 0. The first-order valence-electron chi connectivity index (χ1n) is 9.58. The first-order chi connectivity index (χ1) is 15.3. The molecule has 0 N–H and O–H groups in total. The van der Waals surface area contributed by atoms with Crippen LogP contribution in [0.1, 0.15) is 16.7 Å². The van der Waals surface area contributed by atoms with Crippen LogP contribution in [0, 0.1) is 34.0 Å². The number of para-hydroxylation sites is 2. The summed E-state index contributed by atoms with van der Waals surface area (Å²) in [6, 6.07) is 27.3. The van der Waals surface area contributed by atoms with E-state index in [2.05, 4.69) is 23.2 Å². The van der Waals surface area contributed by atoms with Gasteiger partial charge in [0.25, 0.3) is 0 Å². The van der Waals surface area contributed by atoms with Gasteiger partial charge in [-0.2, -0.15) is 15.8 Å². The van der Waals surface area contributed by atoms with Crippen molar-refractivity contribution in [2.24, 2.45) is 0 Å². The van der Waals surface area contributed by atoms with Crippen LogP contribution in [0.3, 0.4) is 0 Å². The number of nitrogens with zero attached hydrogens (tertiary/aromatic N) is 5. The highest BCUT2D eigenvalue weighted by atomic mass is 15.0. The molecular formula is C26H13N5. The fourth-order valence-electron chi connectivity index (χ4n) is 4.09. The van der Waals surface area contributed by atoms with Gasteiger partial charge in [-0.05, 0) is 48.0 Å². The Labute approximate surface area is 178 Å². The molecule has 0 aliphatic rings. The number of hydrogen-bond donors (Lipinski definition) is 0. The molecule has 0 aliphatic carbocycles. The Morgan fingerprint density at radius 3 is 1.77 bits per heavy atom. The molecule has 5 nitrogen and oxygen atoms in total. The average molecular weight is 395 g/mol. The lowest BCUT2D eigenvalue weighted by atomic mass is 10.0. The van der Waals surface area contributed by atoms with E-state index >= 15 is 0 Å². The Bertz CT molecular complexity index is 1540. The maximum Gasteiger partial charge on any atom is 0.101 e. The highest BCUT2D eigenvalue weighted by molar-refractivity contribution is 6.12. The maximum atomic E-state index is 9.80. The van der Waals surface area contributed by atoms with Crippen molar-refractivity contribution < 1.29 is 0 Å². The van der Waals surface area contributed by atoms with Gasteiger partial charge in [0.2, 0.25) is 0 Å². The second-order valence-corrected chi connectivity index (χ2v) is 7.04. The van der Waals surface area contributed by atoms with Crippen LogP contribution in [0.2, 0.25) is 0 Å². The zero-order valence-corrected chi connectivity index (χ0v) is 16.2. The van der Waals surface area contributed by atoms with Gasteiger partial charge in [0.1, 0.15) is 12.1 Å². The molecule has 0 aliphatic heterocycles. The molecule has 0 bridgehead atoms. The van der Waals surface area contributed by atoms with Crippen LogP contribution in [-0.4, -0.2) is 9.55 Å². The first kappa shape index (κ1) is 18.1. The van der Waals surface area contributed by atoms with E-state index in [1.165, 1.54) is 0 Å². The van der Waals surface area contributed by atoms with Gasteiger partial charge in [-0.3, -0.25) is 4.98 Å². The van der Waals surface area contributed by atoms with Crippen molar-refractivity contribution in [2.75, 3.05) is 0 Å². The molecule has 142 valence electrons. The number of benzene rings is 3. The SMILES string of the molecule is N#Cc1ccc(-n2c3c(C#N)cccc3c3cccc(C#N)c32)cc1-c1ccncc1. The van der Waals surface area contributed by atoms with Crippen LogP contribution in [0.5, 0.6) is 0 Å². The second kappa shape index (κ2) is 7.16. The van der Waals surface area contributed by atoms with E-state index in [-0.39, 0.29) is 0 Å². The minimum atomic E-state index is 0.521. The first-order valence-corrected chi connectivity index (χ1v) is 9.58. The maximum absolute atomic E-state index is 9.80. The normalized spacial score (nSPS) is 10.5. The minimum Gasteiger partial charge on any atom is -0.307 e. The smallest absolute Gasteiger partial charge is 0.101 e. The summed E-state index contributed by atoms with van der Waals surface area (Å²) in [5, 5.41) is 31.0. The van der Waals surface area contributed by atoms with Gasteiger partial charge in [-0.1, -0.05) is 24.3 Å². The van der Waals surface area contributed by atoms with E-state index in [1.807, 2.05) is 53.1 Å². The topological polar surface area (TPSA) is 89.2 Å². The number of fused-ring (bicyclic) bond motifs is 3. The van der Waals surface area contributed by atoms with Crippen LogP contribution >= 0.6 is 0 Å². The third-order valence-electron chi connectivity index (χ3n) is 5.42. The van der Waals surface area contributed by atoms with Gasteiger partial charge in [-0.15, -0.1) is 0 Å². The van der Waals surface area contributed by atoms with E-state index < -0.39 is 0 Å². The molecular weight excluding hydrogens is 382 g/mol. The summed E-state index contributed by atoms with van der Waals surface area (Å²) in [5.41, 5.74) is 5.48. The predicted octanol–water partition coefficient (Wildman–Crippen LogP) is 5.46. The number of rotatable bonds is 2. The van der Waals surface area contributed by atoms with Crippen molar-refractivity contribution in [2.45, 2.75) is 0 Å². The number of nitriles is 3. The summed E-state index contributed by atoms with van der Waals surface area (Å²) in [6.45, 7) is 0. The van der Waals surface area contributed by atoms with Crippen LogP contribution in [0.15, 0.2) is 79.1 Å². The van der Waals surface area contributed by atoms with Gasteiger partial charge in [-0.25, -0.2) is 0 Å². The van der Waals surface area contributed by atoms with Gasteiger partial charge in [0.05, 0.1) is 33.8 Å². The van der Waals surface area contributed by atoms with Crippen molar-refractivity contribution in [3.63, 3.8) is 0 Å². The molecule has 3 aromatic carbocycles. The zero-order chi connectivity index (χ0) is 21.4. The average Bonchev–Trinajstić information content (AvgIpc) is 3.19. The third kappa shape index (κ3) is 2.72. The molecule has 0 amide bonds. The molecule has 0 unspecified atom stereocenters. The van der Waals surface area contributed by atoms with Crippen LogP contribution in [0.25, 0.3) is 38.6 Å². The quantitative estimate of drug-likeness (QED) is 0.397. The van der Waals surface area contributed by atoms with Crippen LogP contribution < -0.4 is 0 Å². The Balaban J connectivity index is 1.95. The van der Waals surface area contributed by atoms with Crippen molar-refractivity contribution in [1.82, 2.24) is 9.55 Å². The Morgan fingerprint density at radius 2 is 1.23 bits per heavy atom. The molecule has 5 heteroatoms. The number of hydrogen-bond acceptors (Lipinski definition) is 4. The highest BCUT2D eigenvalue weighted by Gasteiger charge is 2.19. The molecule has 0 fully saturated rings. The summed E-state index contributed by atoms with van der Waals surface area (Å²) in [7, 11) is 0. The Kier molecular flexibility index (Phi) is 4.19. The monoisotopic (exact) mass is 395 g/mol. The zero-order valence-electron chi connectivity index (χ0n) is 16.2. The highest BCUT2D eigenvalue weighted by Crippen LogP contribution is 2.37. The van der Waals surface area contributed by atoms with Crippen LogP contribution in [-0.2, 0) is 0 Å². The summed E-state index contributed by atoms with van der Waals surface area (Å²) in [5.74, 6) is 0. The molecule has 0 radical (unpaired) electrons. The van der Waals surface area contributed by atoms with Crippen molar-refractivity contribution in [1.29, 1.82) is 15.8 Å². The number of pyridine rings is 1. The molecule has 0 atom stereocenters. The molecule has 5 aromatic rings. The Hall–Kier alpha value is -4.92. The Morgan fingerprint density at radius 1 is 0.645 bits per heavy atom. The number of aromatic nitrogens is 2. The third-order valence-corrected chi connectivity index (χ3v) is 5.42. The van der Waals surface area contributed by atoms with E-state index in [4.69, 9.17) is 0 Å². The fourth-order valence-corrected chi connectivity index (χ4v) is 4.09.